The molecule has 6 nitrogen and oxygen atoms in total. The Kier molecular flexibility index (Phi) is 5.23. The number of carbonyl (C=O) groups excluding carboxylic acids is 1. The van der Waals surface area contributed by atoms with Crippen LogP contribution in [0.15, 0.2) is 24.3 Å². The van der Waals surface area contributed by atoms with Gasteiger partial charge in [0.25, 0.3) is 0 Å². The van der Waals surface area contributed by atoms with Crippen LogP contribution < -0.4 is 4.90 Å². The Hall–Kier alpha value is -2.41. The third kappa shape index (κ3) is 3.60. The molecule has 3 aromatic rings. The van der Waals surface area contributed by atoms with Crippen molar-refractivity contribution in [2.45, 2.75) is 46.0 Å². The highest BCUT2D eigenvalue weighted by Crippen LogP contribution is 2.33. The molecule has 1 aliphatic carbocycles. The number of benzene rings is 1. The number of piperazine rings is 1. The Balaban J connectivity index is 1.33. The van der Waals surface area contributed by atoms with Crippen molar-refractivity contribution in [1.29, 1.82) is 0 Å². The van der Waals surface area contributed by atoms with Gasteiger partial charge in [0.05, 0.1) is 16.1 Å². The zero-order valence-electron chi connectivity index (χ0n) is 17.8. The summed E-state index contributed by atoms with van der Waals surface area (Å²) in [4.78, 5) is 22.2. The number of fused-ring (bicyclic) bond motifs is 1. The lowest BCUT2D eigenvalue weighted by atomic mass is 9.88. The number of hydrogen-bond donors (Lipinski definition) is 0. The van der Waals surface area contributed by atoms with Crippen molar-refractivity contribution in [3.63, 3.8) is 0 Å². The molecule has 1 saturated carbocycles. The third-order valence-corrected chi connectivity index (χ3v) is 7.65. The van der Waals surface area contributed by atoms with Crippen molar-refractivity contribution < 1.29 is 4.79 Å². The van der Waals surface area contributed by atoms with Crippen molar-refractivity contribution in [1.82, 2.24) is 19.7 Å². The molecule has 0 bridgehead atoms. The van der Waals surface area contributed by atoms with Gasteiger partial charge in [0, 0.05) is 32.1 Å². The number of thiazole rings is 1. The van der Waals surface area contributed by atoms with E-state index in [1.165, 1.54) is 24.8 Å². The lowest BCUT2D eigenvalue weighted by Crippen LogP contribution is -2.50. The van der Waals surface area contributed by atoms with Crippen LogP contribution in [0.5, 0.6) is 0 Å². The molecule has 7 heteroatoms. The van der Waals surface area contributed by atoms with Crippen LogP contribution in [0.3, 0.4) is 0 Å². The van der Waals surface area contributed by atoms with Crippen LogP contribution in [0.1, 0.15) is 43.4 Å². The van der Waals surface area contributed by atoms with Gasteiger partial charge in [-0.25, -0.2) is 4.68 Å². The maximum Gasteiger partial charge on any atom is 0.225 e. The second-order valence-electron chi connectivity index (χ2n) is 8.63. The quantitative estimate of drug-likeness (QED) is 0.629. The first-order chi connectivity index (χ1) is 14.6. The number of amides is 1. The van der Waals surface area contributed by atoms with Crippen LogP contribution in [-0.4, -0.2) is 51.8 Å². The molecule has 3 heterocycles. The molecule has 2 fully saturated rings. The molecule has 158 valence electrons. The molecule has 5 rings (SSSR count). The van der Waals surface area contributed by atoms with Gasteiger partial charge >= 0.3 is 0 Å². The minimum absolute atomic E-state index is 0.260. The summed E-state index contributed by atoms with van der Waals surface area (Å²) in [6.45, 7) is 7.45. The first-order valence-corrected chi connectivity index (χ1v) is 11.9. The second kappa shape index (κ2) is 8.02. The fourth-order valence-electron chi connectivity index (χ4n) is 4.72. The molecule has 1 saturated heterocycles. The summed E-state index contributed by atoms with van der Waals surface area (Å²) < 4.78 is 3.10. The first-order valence-electron chi connectivity index (χ1n) is 11.1. The van der Waals surface area contributed by atoms with E-state index in [0.717, 1.165) is 65.9 Å². The van der Waals surface area contributed by atoms with Crippen molar-refractivity contribution >= 4 is 32.7 Å². The highest BCUT2D eigenvalue weighted by atomic mass is 32.1. The Morgan fingerprint density at radius 1 is 1.07 bits per heavy atom. The van der Waals surface area contributed by atoms with Crippen LogP contribution >= 0.6 is 11.3 Å². The van der Waals surface area contributed by atoms with Crippen LogP contribution in [0.4, 0.5) is 5.13 Å². The van der Waals surface area contributed by atoms with E-state index in [1.807, 2.05) is 4.68 Å². The molecule has 0 radical (unpaired) electrons. The Morgan fingerprint density at radius 3 is 2.57 bits per heavy atom. The van der Waals surface area contributed by atoms with E-state index in [2.05, 4.69) is 47.9 Å². The standard InChI is InChI=1S/C23H29N5OS/c1-16-7-6-10-19(15-16)28-21-20(17(2)25-28)30-23(24-21)27-13-11-26(12-14-27)22(29)18-8-4-3-5-9-18/h6-7,10,15,18H,3-5,8-9,11-14H2,1-2H3. The minimum Gasteiger partial charge on any atom is -0.344 e. The fourth-order valence-corrected chi connectivity index (χ4v) is 5.76. The lowest BCUT2D eigenvalue weighted by molar-refractivity contribution is -0.136. The third-order valence-electron chi connectivity index (χ3n) is 6.44. The predicted octanol–water partition coefficient (Wildman–Crippen LogP) is 4.33. The maximum absolute atomic E-state index is 12.9. The summed E-state index contributed by atoms with van der Waals surface area (Å²) in [5, 5.41) is 5.77. The van der Waals surface area contributed by atoms with E-state index in [0.29, 0.717) is 5.91 Å². The van der Waals surface area contributed by atoms with E-state index in [1.54, 1.807) is 11.3 Å². The molecule has 0 unspecified atom stereocenters. The molecule has 2 aliphatic rings. The molecule has 30 heavy (non-hydrogen) atoms. The number of nitrogens with zero attached hydrogens (tertiary/aromatic N) is 5. The molecular formula is C23H29N5OS. The Morgan fingerprint density at radius 2 is 1.83 bits per heavy atom. The predicted molar refractivity (Wildman–Crippen MR) is 122 cm³/mol. The molecule has 1 amide bonds. The lowest BCUT2D eigenvalue weighted by Gasteiger charge is -2.37. The van der Waals surface area contributed by atoms with Crippen molar-refractivity contribution in [3.05, 3.63) is 35.5 Å². The average molecular weight is 424 g/mol. The number of carbonyl (C=O) groups is 1. The minimum atomic E-state index is 0.260. The summed E-state index contributed by atoms with van der Waals surface area (Å²) >= 11 is 1.72. The van der Waals surface area contributed by atoms with E-state index >= 15 is 0 Å². The SMILES string of the molecule is Cc1cccc(-n2nc(C)c3sc(N4CCN(C(=O)C5CCCCC5)CC4)nc32)c1. The molecule has 0 atom stereocenters. The van der Waals surface area contributed by atoms with Gasteiger partial charge in [0.2, 0.25) is 5.91 Å². The molecule has 2 aromatic heterocycles. The summed E-state index contributed by atoms with van der Waals surface area (Å²) in [6, 6.07) is 8.37. The van der Waals surface area contributed by atoms with Gasteiger partial charge in [-0.15, -0.1) is 0 Å². The smallest absolute Gasteiger partial charge is 0.225 e. The van der Waals surface area contributed by atoms with Crippen molar-refractivity contribution in [2.75, 3.05) is 31.1 Å². The molecule has 1 aliphatic heterocycles. The van der Waals surface area contributed by atoms with Crippen LogP contribution in [0.2, 0.25) is 0 Å². The zero-order valence-corrected chi connectivity index (χ0v) is 18.6. The average Bonchev–Trinajstić information content (AvgIpc) is 3.35. The Labute approximate surface area is 181 Å². The van der Waals surface area contributed by atoms with E-state index in [9.17, 15) is 4.79 Å². The fraction of sp³-hybridized carbons (Fsp3) is 0.522. The largest absolute Gasteiger partial charge is 0.344 e. The maximum atomic E-state index is 12.9. The highest BCUT2D eigenvalue weighted by Gasteiger charge is 2.29. The zero-order chi connectivity index (χ0) is 20.7. The van der Waals surface area contributed by atoms with Crippen LogP contribution in [0, 0.1) is 19.8 Å². The summed E-state index contributed by atoms with van der Waals surface area (Å²) in [6.07, 6.45) is 5.85. The van der Waals surface area contributed by atoms with Gasteiger partial charge < -0.3 is 9.80 Å². The second-order valence-corrected chi connectivity index (χ2v) is 9.61. The van der Waals surface area contributed by atoms with E-state index < -0.39 is 0 Å². The van der Waals surface area contributed by atoms with Gasteiger partial charge in [-0.2, -0.15) is 10.1 Å². The topological polar surface area (TPSA) is 54.3 Å². The number of anilines is 1. The van der Waals surface area contributed by atoms with Crippen LogP contribution in [0.25, 0.3) is 16.0 Å². The van der Waals surface area contributed by atoms with Crippen molar-refractivity contribution in [2.24, 2.45) is 5.92 Å². The normalized spacial score (nSPS) is 18.3. The Bertz CT molecular complexity index is 1060. The van der Waals surface area contributed by atoms with Crippen molar-refractivity contribution in [3.8, 4) is 5.69 Å². The molecule has 0 N–H and O–H groups in total. The van der Waals surface area contributed by atoms with Gasteiger partial charge in [0.1, 0.15) is 0 Å². The molecular weight excluding hydrogens is 394 g/mol. The molecule has 0 spiro atoms. The monoisotopic (exact) mass is 423 g/mol. The summed E-state index contributed by atoms with van der Waals surface area (Å²) in [5.74, 6) is 0.639. The van der Waals surface area contributed by atoms with Crippen LogP contribution in [-0.2, 0) is 4.79 Å². The number of rotatable bonds is 3. The number of aromatic nitrogens is 3. The van der Waals surface area contributed by atoms with Gasteiger partial charge in [-0.05, 0) is 44.4 Å². The van der Waals surface area contributed by atoms with Gasteiger partial charge in [-0.3, -0.25) is 4.79 Å². The summed E-state index contributed by atoms with van der Waals surface area (Å²) in [7, 11) is 0. The van der Waals surface area contributed by atoms with Gasteiger partial charge in [0.15, 0.2) is 10.8 Å². The number of hydrogen-bond acceptors (Lipinski definition) is 5. The summed E-state index contributed by atoms with van der Waals surface area (Å²) in [5.41, 5.74) is 4.20. The first kappa shape index (κ1) is 19.5. The van der Waals surface area contributed by atoms with E-state index in [-0.39, 0.29) is 5.92 Å². The molecule has 1 aromatic carbocycles. The number of aryl methyl sites for hydroxylation is 2. The van der Waals surface area contributed by atoms with E-state index in [4.69, 9.17) is 10.1 Å². The highest BCUT2D eigenvalue weighted by molar-refractivity contribution is 7.22. The van der Waals surface area contributed by atoms with Gasteiger partial charge in [-0.1, -0.05) is 42.7 Å².